The first-order valence-corrected chi connectivity index (χ1v) is 10.8. The van der Waals surface area contributed by atoms with Crippen LogP contribution in [0.15, 0.2) is 41.3 Å². The number of aromatic amines is 1. The summed E-state index contributed by atoms with van der Waals surface area (Å²) in [6.07, 6.45) is 3.56. The molecule has 0 radical (unpaired) electrons. The fourth-order valence-electron chi connectivity index (χ4n) is 3.16. The highest BCUT2D eigenvalue weighted by Gasteiger charge is 2.26. The topological polar surface area (TPSA) is 108 Å². The zero-order valence-corrected chi connectivity index (χ0v) is 17.3. The Morgan fingerprint density at radius 2 is 2.14 bits per heavy atom. The molecule has 10 heteroatoms. The van der Waals surface area contributed by atoms with E-state index in [9.17, 15) is 13.2 Å². The second-order valence-corrected chi connectivity index (χ2v) is 8.49. The summed E-state index contributed by atoms with van der Waals surface area (Å²) in [6, 6.07) is 8.33. The van der Waals surface area contributed by atoms with E-state index in [1.165, 1.54) is 10.5 Å². The molecule has 4 rings (SSSR count). The summed E-state index contributed by atoms with van der Waals surface area (Å²) in [5.41, 5.74) is 0.821. The number of rotatable bonds is 7. The van der Waals surface area contributed by atoms with E-state index in [4.69, 9.17) is 11.6 Å². The predicted molar refractivity (Wildman–Crippen MR) is 114 cm³/mol. The van der Waals surface area contributed by atoms with E-state index < -0.39 is 16.9 Å². The van der Waals surface area contributed by atoms with Crippen LogP contribution < -0.4 is 15.2 Å². The second kappa shape index (κ2) is 8.00. The van der Waals surface area contributed by atoms with Crippen molar-refractivity contribution in [1.29, 1.82) is 0 Å². The van der Waals surface area contributed by atoms with Gasteiger partial charge in [0, 0.05) is 29.8 Å². The maximum absolute atomic E-state index is 12.5. The van der Waals surface area contributed by atoms with Gasteiger partial charge in [-0.3, -0.25) is 9.10 Å². The summed E-state index contributed by atoms with van der Waals surface area (Å²) in [7, 11) is -2.79. The Morgan fingerprint density at radius 3 is 2.86 bits per heavy atom. The van der Waals surface area contributed by atoms with Gasteiger partial charge in [-0.2, -0.15) is 4.98 Å². The van der Waals surface area contributed by atoms with Crippen molar-refractivity contribution in [2.45, 2.75) is 25.8 Å². The fraction of sp³-hybridized carbons (Fsp3) is 0.316. The maximum atomic E-state index is 12.5. The van der Waals surface area contributed by atoms with Crippen molar-refractivity contribution >= 4 is 45.2 Å². The van der Waals surface area contributed by atoms with Gasteiger partial charge in [-0.1, -0.05) is 23.7 Å². The van der Waals surface area contributed by atoms with Crippen LogP contribution in [-0.4, -0.2) is 29.9 Å². The van der Waals surface area contributed by atoms with Crippen molar-refractivity contribution in [3.05, 3.63) is 57.5 Å². The van der Waals surface area contributed by atoms with Crippen LogP contribution in [-0.2, 0) is 10.9 Å². The molecular weight excluding hydrogens is 414 g/mol. The van der Waals surface area contributed by atoms with Gasteiger partial charge in [-0.05, 0) is 37.8 Å². The van der Waals surface area contributed by atoms with E-state index in [0.29, 0.717) is 34.4 Å². The van der Waals surface area contributed by atoms with Crippen molar-refractivity contribution in [2.24, 2.45) is 5.92 Å². The van der Waals surface area contributed by atoms with Crippen molar-refractivity contribution in [1.82, 2.24) is 15.0 Å². The van der Waals surface area contributed by atoms with Crippen LogP contribution in [0.25, 0.3) is 10.9 Å². The third-order valence-electron chi connectivity index (χ3n) is 4.90. The summed E-state index contributed by atoms with van der Waals surface area (Å²) in [5, 5.41) is 4.37. The normalized spacial score (nSPS) is 14.9. The van der Waals surface area contributed by atoms with Gasteiger partial charge in [0.25, 0.3) is 5.56 Å². The summed E-state index contributed by atoms with van der Waals surface area (Å²) < 4.78 is 24.6. The zero-order valence-electron chi connectivity index (χ0n) is 15.6. The molecule has 152 valence electrons. The summed E-state index contributed by atoms with van der Waals surface area (Å²) in [4.78, 5) is 23.8. The van der Waals surface area contributed by atoms with Crippen LogP contribution in [0, 0.1) is 5.92 Å². The summed E-state index contributed by atoms with van der Waals surface area (Å²) in [5.74, 6) is 0.950. The number of pyridine rings is 1. The molecule has 1 saturated carbocycles. The number of H-pyrrole nitrogens is 1. The molecule has 1 aliphatic rings. The number of aromatic nitrogens is 3. The zero-order chi connectivity index (χ0) is 20.5. The Morgan fingerprint density at radius 1 is 1.34 bits per heavy atom. The third kappa shape index (κ3) is 4.35. The Balaban J connectivity index is 1.60. The highest BCUT2D eigenvalue weighted by molar-refractivity contribution is 7.74. The van der Waals surface area contributed by atoms with E-state index >= 15 is 0 Å². The van der Waals surface area contributed by atoms with Gasteiger partial charge in [0.1, 0.15) is 5.82 Å². The first kappa shape index (κ1) is 19.7. The van der Waals surface area contributed by atoms with E-state index in [1.54, 1.807) is 18.2 Å². The molecule has 1 aromatic carbocycles. The standard InChI is InChI=1S/C19H20ClN5O3S/c1-11(14-9-13-3-2-4-15(20)17(13)24-18(14)26)22-19-21-8-7-16(23-19)25(29(27)28)10-12-5-6-12/h2-4,7-9,11-12,29H,5-6,10H2,1H3,(H,24,26)(H,21,22,23)/t11-/m0/s1. The average molecular weight is 434 g/mol. The lowest BCUT2D eigenvalue weighted by Gasteiger charge is -2.18. The molecule has 2 aromatic heterocycles. The molecular formula is C19H20ClN5O3S. The number of hydrogen-bond donors (Lipinski definition) is 3. The van der Waals surface area contributed by atoms with E-state index in [2.05, 4.69) is 20.3 Å². The fourth-order valence-corrected chi connectivity index (χ4v) is 4.03. The number of benzene rings is 1. The summed E-state index contributed by atoms with van der Waals surface area (Å²) in [6.45, 7) is 2.24. The monoisotopic (exact) mass is 433 g/mol. The molecule has 8 nitrogen and oxygen atoms in total. The molecule has 0 aliphatic heterocycles. The first-order chi connectivity index (χ1) is 13.9. The maximum Gasteiger partial charge on any atom is 0.253 e. The number of nitrogens with zero attached hydrogens (tertiary/aromatic N) is 3. The van der Waals surface area contributed by atoms with Crippen molar-refractivity contribution in [3.63, 3.8) is 0 Å². The smallest absolute Gasteiger partial charge is 0.253 e. The van der Waals surface area contributed by atoms with E-state index in [-0.39, 0.29) is 11.5 Å². The lowest BCUT2D eigenvalue weighted by molar-refractivity contribution is 0.606. The molecule has 0 unspecified atom stereocenters. The minimum Gasteiger partial charge on any atom is -0.347 e. The number of halogens is 1. The van der Waals surface area contributed by atoms with Gasteiger partial charge in [-0.25, -0.2) is 13.4 Å². The minimum atomic E-state index is -2.79. The predicted octanol–water partition coefficient (Wildman–Crippen LogP) is 2.89. The Kier molecular flexibility index (Phi) is 5.42. The molecule has 1 atom stereocenters. The third-order valence-corrected chi connectivity index (χ3v) is 5.98. The van der Waals surface area contributed by atoms with Crippen LogP contribution in [0.3, 0.4) is 0 Å². The average Bonchev–Trinajstić information content (AvgIpc) is 3.50. The highest BCUT2D eigenvalue weighted by Crippen LogP contribution is 2.31. The first-order valence-electron chi connectivity index (χ1n) is 9.25. The van der Waals surface area contributed by atoms with Crippen LogP contribution in [0.2, 0.25) is 5.02 Å². The molecule has 2 heterocycles. The number of para-hydroxylation sites is 1. The molecule has 0 bridgehead atoms. The van der Waals surface area contributed by atoms with Crippen LogP contribution >= 0.6 is 11.6 Å². The molecule has 3 aromatic rings. The SMILES string of the molecule is C[C@H](Nc1nccc(N(CC2CC2)[SH](=O)=O)n1)c1cc2cccc(Cl)c2[nH]c1=O. The number of thiol groups is 1. The van der Waals surface area contributed by atoms with Gasteiger partial charge >= 0.3 is 0 Å². The van der Waals surface area contributed by atoms with Crippen molar-refractivity contribution < 1.29 is 8.42 Å². The van der Waals surface area contributed by atoms with E-state index in [1.807, 2.05) is 19.1 Å². The quantitative estimate of drug-likeness (QED) is 0.494. The van der Waals surface area contributed by atoms with Crippen molar-refractivity contribution in [2.75, 3.05) is 16.2 Å². The molecule has 0 saturated heterocycles. The van der Waals surface area contributed by atoms with Gasteiger partial charge in [0.2, 0.25) is 16.8 Å². The van der Waals surface area contributed by atoms with Gasteiger partial charge in [-0.15, -0.1) is 0 Å². The van der Waals surface area contributed by atoms with Gasteiger partial charge < -0.3 is 10.3 Å². The molecule has 29 heavy (non-hydrogen) atoms. The lowest BCUT2D eigenvalue weighted by Crippen LogP contribution is -2.25. The van der Waals surface area contributed by atoms with Crippen LogP contribution in [0.4, 0.5) is 11.8 Å². The lowest BCUT2D eigenvalue weighted by atomic mass is 10.1. The van der Waals surface area contributed by atoms with Gasteiger partial charge in [0.15, 0.2) is 0 Å². The highest BCUT2D eigenvalue weighted by atomic mass is 35.5. The van der Waals surface area contributed by atoms with Crippen molar-refractivity contribution in [3.8, 4) is 0 Å². The summed E-state index contributed by atoms with van der Waals surface area (Å²) >= 11 is 6.14. The molecule has 1 aliphatic carbocycles. The number of nitrogens with one attached hydrogen (secondary N) is 2. The second-order valence-electron chi connectivity index (χ2n) is 7.13. The minimum absolute atomic E-state index is 0.248. The largest absolute Gasteiger partial charge is 0.347 e. The molecule has 0 amide bonds. The Labute approximate surface area is 174 Å². The molecule has 0 spiro atoms. The molecule has 1 fully saturated rings. The number of fused-ring (bicyclic) bond motifs is 1. The number of hydrogen-bond acceptors (Lipinski definition) is 6. The van der Waals surface area contributed by atoms with Crippen LogP contribution in [0.5, 0.6) is 0 Å². The number of anilines is 2. The van der Waals surface area contributed by atoms with E-state index in [0.717, 1.165) is 18.2 Å². The Hall–Kier alpha value is -2.65. The van der Waals surface area contributed by atoms with Crippen LogP contribution in [0.1, 0.15) is 31.4 Å². The molecule has 2 N–H and O–H groups in total. The Bertz CT molecular complexity index is 1180. The van der Waals surface area contributed by atoms with Gasteiger partial charge in [0.05, 0.1) is 16.6 Å².